The van der Waals surface area contributed by atoms with E-state index in [0.717, 1.165) is 0 Å². The van der Waals surface area contributed by atoms with Gasteiger partial charge in [0.15, 0.2) is 0 Å². The molecule has 0 aromatic heterocycles. The lowest BCUT2D eigenvalue weighted by Gasteiger charge is -2.08. The number of hydrogen-bond acceptors (Lipinski definition) is 6. The minimum absolute atomic E-state index is 0.140. The summed E-state index contributed by atoms with van der Waals surface area (Å²) < 4.78 is 10.5. The van der Waals surface area contributed by atoms with Crippen LogP contribution in [0.4, 0.5) is 0 Å². The highest BCUT2D eigenvalue weighted by Gasteiger charge is 2.10. The molecule has 0 atom stereocenters. The number of rotatable bonds is 3. The van der Waals surface area contributed by atoms with Crippen LogP contribution < -0.4 is 19.9 Å². The highest BCUT2D eigenvalue weighted by Crippen LogP contribution is 2.10. The zero-order valence-corrected chi connectivity index (χ0v) is 11.5. The van der Waals surface area contributed by atoms with Crippen LogP contribution in [0.5, 0.6) is 11.5 Å². The molecule has 0 amide bonds. The fraction of sp³-hybridized carbons (Fsp3) is 0.200. The van der Waals surface area contributed by atoms with E-state index >= 15 is 0 Å². The highest BCUT2D eigenvalue weighted by atomic mass is 16.5. The molecular formula is C15H10N4O2. The molecule has 0 bridgehead atoms. The molecule has 0 spiro atoms. The first-order valence-corrected chi connectivity index (χ1v) is 5.86. The zero-order valence-electron chi connectivity index (χ0n) is 11.5. The molecule has 0 fully saturated rings. The maximum Gasteiger partial charge on any atom is 0.140 e. The molecule has 6 nitrogen and oxygen atoms in total. The van der Waals surface area contributed by atoms with Crippen LogP contribution in [0.1, 0.15) is 6.92 Å². The maximum atomic E-state index is 8.99. The molecule has 0 radical (unpaired) electrons. The quantitative estimate of drug-likeness (QED) is 0.794. The Bertz CT molecular complexity index is 810. The van der Waals surface area contributed by atoms with Gasteiger partial charge in [0.05, 0.1) is 13.7 Å². The van der Waals surface area contributed by atoms with E-state index in [0.29, 0.717) is 6.61 Å². The Morgan fingerprint density at radius 2 is 1.33 bits per heavy atom. The topological polar surface area (TPSA) is 114 Å². The molecule has 1 aromatic carbocycles. The average molecular weight is 278 g/mol. The van der Waals surface area contributed by atoms with Crippen molar-refractivity contribution in [2.45, 2.75) is 6.92 Å². The zero-order chi connectivity index (χ0) is 15.8. The second-order valence-corrected chi connectivity index (χ2v) is 3.68. The highest BCUT2D eigenvalue weighted by molar-refractivity contribution is 5.77. The summed E-state index contributed by atoms with van der Waals surface area (Å²) in [6.45, 7) is 2.04. The summed E-state index contributed by atoms with van der Waals surface area (Å²) in [7, 11) is 1.37. The Hall–Kier alpha value is -3.48. The smallest absolute Gasteiger partial charge is 0.140 e. The molecule has 0 N–H and O–H groups in total. The standard InChI is InChI=1S/C15H10N4O2/c1-3-21-15-5-12(10(6-16)7-17)14(20-2)4-13(15)11(8-18)9-19/h4-5H,3H2,1-2H3. The monoisotopic (exact) mass is 278 g/mol. The first-order valence-electron chi connectivity index (χ1n) is 5.86. The summed E-state index contributed by atoms with van der Waals surface area (Å²) in [6.07, 6.45) is 0. The number of nitrogens with zero attached hydrogens (tertiary/aromatic N) is 4. The molecule has 1 aromatic rings. The molecule has 0 aliphatic heterocycles. The van der Waals surface area contributed by atoms with Crippen molar-refractivity contribution in [2.75, 3.05) is 13.7 Å². The number of hydrogen-bond donors (Lipinski definition) is 0. The fourth-order valence-electron chi connectivity index (χ4n) is 1.69. The minimum atomic E-state index is -0.144. The van der Waals surface area contributed by atoms with Crippen LogP contribution in [0.3, 0.4) is 0 Å². The Morgan fingerprint density at radius 3 is 1.71 bits per heavy atom. The van der Waals surface area contributed by atoms with E-state index in [2.05, 4.69) is 0 Å². The van der Waals surface area contributed by atoms with Crippen LogP contribution >= 0.6 is 0 Å². The first kappa shape index (κ1) is 15.6. The van der Waals surface area contributed by atoms with Crippen molar-refractivity contribution in [3.05, 3.63) is 22.6 Å². The lowest BCUT2D eigenvalue weighted by Crippen LogP contribution is -2.19. The van der Waals surface area contributed by atoms with Gasteiger partial charge in [0.25, 0.3) is 0 Å². The summed E-state index contributed by atoms with van der Waals surface area (Å²) >= 11 is 0. The van der Waals surface area contributed by atoms with Crippen molar-refractivity contribution < 1.29 is 9.47 Å². The lowest BCUT2D eigenvalue weighted by atomic mass is 10.1. The van der Waals surface area contributed by atoms with Crippen LogP contribution in [0.15, 0.2) is 12.1 Å². The van der Waals surface area contributed by atoms with Gasteiger partial charge in [0, 0.05) is 10.4 Å². The van der Waals surface area contributed by atoms with Crippen molar-refractivity contribution in [2.24, 2.45) is 0 Å². The third kappa shape index (κ3) is 3.10. The van der Waals surface area contributed by atoms with E-state index in [4.69, 9.17) is 30.5 Å². The van der Waals surface area contributed by atoms with Crippen LogP contribution in [0.25, 0.3) is 11.1 Å². The summed E-state index contributed by atoms with van der Waals surface area (Å²) in [4.78, 5) is 0. The van der Waals surface area contributed by atoms with E-state index < -0.39 is 0 Å². The summed E-state index contributed by atoms with van der Waals surface area (Å²) in [5.74, 6) is 0.462. The van der Waals surface area contributed by atoms with Gasteiger partial charge < -0.3 is 9.47 Å². The van der Waals surface area contributed by atoms with Crippen LogP contribution in [0.2, 0.25) is 0 Å². The number of methoxy groups -OCH3 is 1. The predicted molar refractivity (Wildman–Crippen MR) is 72.7 cm³/mol. The second-order valence-electron chi connectivity index (χ2n) is 3.68. The number of nitriles is 4. The maximum absolute atomic E-state index is 8.99. The summed E-state index contributed by atoms with van der Waals surface area (Å²) in [5.41, 5.74) is -0.284. The van der Waals surface area contributed by atoms with Gasteiger partial charge in [-0.05, 0) is 19.1 Å². The molecule has 1 rings (SSSR count). The Kier molecular flexibility index (Phi) is 5.34. The normalized spacial score (nSPS) is 8.48. The SMILES string of the molecule is CCOc1cc(=C(C#N)C#N)c(OC)cc1=C(C#N)C#N. The molecule has 102 valence electrons. The molecular weight excluding hydrogens is 268 g/mol. The minimum Gasteiger partial charge on any atom is -0.496 e. The van der Waals surface area contributed by atoms with Gasteiger partial charge in [-0.25, -0.2) is 0 Å². The van der Waals surface area contributed by atoms with Gasteiger partial charge in [-0.3, -0.25) is 0 Å². The Labute approximate surface area is 121 Å². The van der Waals surface area contributed by atoms with E-state index in [1.807, 2.05) is 0 Å². The van der Waals surface area contributed by atoms with E-state index in [9.17, 15) is 0 Å². The molecule has 0 saturated carbocycles. The first-order chi connectivity index (χ1) is 10.2. The van der Waals surface area contributed by atoms with Crippen molar-refractivity contribution >= 4 is 11.1 Å². The van der Waals surface area contributed by atoms with Gasteiger partial charge in [-0.15, -0.1) is 0 Å². The number of ether oxygens (including phenoxy) is 2. The fourth-order valence-corrected chi connectivity index (χ4v) is 1.69. The molecule has 0 saturated heterocycles. The lowest BCUT2D eigenvalue weighted by molar-refractivity contribution is 0.335. The number of benzene rings is 1. The average Bonchev–Trinajstić information content (AvgIpc) is 2.51. The van der Waals surface area contributed by atoms with E-state index in [1.165, 1.54) is 19.2 Å². The molecule has 0 aliphatic rings. The molecule has 21 heavy (non-hydrogen) atoms. The summed E-state index contributed by atoms with van der Waals surface area (Å²) in [5, 5.41) is 36.4. The Balaban J connectivity index is 4.03. The molecule has 0 aliphatic carbocycles. The van der Waals surface area contributed by atoms with Gasteiger partial charge in [-0.1, -0.05) is 0 Å². The van der Waals surface area contributed by atoms with Crippen molar-refractivity contribution in [1.82, 2.24) is 0 Å². The third-order valence-corrected chi connectivity index (χ3v) is 2.59. The van der Waals surface area contributed by atoms with Gasteiger partial charge in [-0.2, -0.15) is 21.0 Å². The van der Waals surface area contributed by atoms with E-state index in [-0.39, 0.29) is 33.1 Å². The molecule has 0 heterocycles. The van der Waals surface area contributed by atoms with Gasteiger partial charge in [0.2, 0.25) is 0 Å². The third-order valence-electron chi connectivity index (χ3n) is 2.59. The Morgan fingerprint density at radius 1 is 0.905 bits per heavy atom. The van der Waals surface area contributed by atoms with E-state index in [1.54, 1.807) is 31.2 Å². The molecule has 6 heteroatoms. The van der Waals surface area contributed by atoms with Gasteiger partial charge >= 0.3 is 0 Å². The van der Waals surface area contributed by atoms with Gasteiger partial charge in [0.1, 0.15) is 46.9 Å². The van der Waals surface area contributed by atoms with Crippen molar-refractivity contribution in [3.63, 3.8) is 0 Å². The second kappa shape index (κ2) is 7.19. The van der Waals surface area contributed by atoms with Crippen LogP contribution in [-0.4, -0.2) is 13.7 Å². The predicted octanol–water partition coefficient (Wildman–Crippen LogP) is 0.490. The van der Waals surface area contributed by atoms with Crippen molar-refractivity contribution in [1.29, 1.82) is 21.0 Å². The van der Waals surface area contributed by atoms with Crippen molar-refractivity contribution in [3.8, 4) is 35.8 Å². The summed E-state index contributed by atoms with van der Waals surface area (Å²) in [6, 6.07) is 9.94. The van der Waals surface area contributed by atoms with Crippen LogP contribution in [-0.2, 0) is 0 Å². The largest absolute Gasteiger partial charge is 0.496 e. The molecule has 0 unspecified atom stereocenters. The van der Waals surface area contributed by atoms with Crippen LogP contribution in [0, 0.1) is 45.3 Å².